The maximum Gasteiger partial charge on any atom is 0.414 e. The predicted molar refractivity (Wildman–Crippen MR) is 89.5 cm³/mol. The average molecular weight is 365 g/mol. The number of aromatic nitrogens is 2. The van der Waals surface area contributed by atoms with Crippen molar-refractivity contribution >= 4 is 29.0 Å². The van der Waals surface area contributed by atoms with Gasteiger partial charge in [-0.25, -0.2) is 9.18 Å². The molecule has 2 aromatic rings. The van der Waals surface area contributed by atoms with Crippen LogP contribution in [0.4, 0.5) is 14.9 Å². The molecule has 3 rings (SSSR count). The Morgan fingerprint density at radius 1 is 1.52 bits per heavy atom. The van der Waals surface area contributed by atoms with Crippen molar-refractivity contribution < 1.29 is 18.7 Å². The molecule has 0 saturated carbocycles. The fourth-order valence-corrected chi connectivity index (χ4v) is 3.13. The van der Waals surface area contributed by atoms with Crippen molar-refractivity contribution in [2.45, 2.75) is 19.6 Å². The van der Waals surface area contributed by atoms with Crippen molar-refractivity contribution in [2.24, 2.45) is 5.73 Å². The van der Waals surface area contributed by atoms with Crippen LogP contribution in [0.1, 0.15) is 11.9 Å². The van der Waals surface area contributed by atoms with Crippen molar-refractivity contribution in [2.75, 3.05) is 18.0 Å². The van der Waals surface area contributed by atoms with Gasteiger partial charge in [0.25, 0.3) is 0 Å². The molecule has 2 amide bonds. The van der Waals surface area contributed by atoms with E-state index >= 15 is 0 Å². The Hall–Kier alpha value is -2.59. The van der Waals surface area contributed by atoms with Crippen LogP contribution in [0.25, 0.3) is 10.6 Å². The number of nitrogens with zero attached hydrogens (tertiary/aromatic N) is 3. The third-order valence-corrected chi connectivity index (χ3v) is 4.57. The summed E-state index contributed by atoms with van der Waals surface area (Å²) in [6.07, 6.45) is -1.06. The standard InChI is InChI=1S/C15H16FN5O3S/c1-8(22)18-6-10-7-21(15(23)24-10)9-2-3-11(12(16)4-9)14-20-19-13(5-17)25-14/h2-4,10H,5-7,17H2,1H3,(H,18,22)/t10-/m0/s1. The summed E-state index contributed by atoms with van der Waals surface area (Å²) in [6.45, 7) is 2.07. The average Bonchev–Trinajstić information content (AvgIpc) is 3.19. The third-order valence-electron chi connectivity index (χ3n) is 3.59. The lowest BCUT2D eigenvalue weighted by Gasteiger charge is -2.14. The highest BCUT2D eigenvalue weighted by atomic mass is 32.1. The van der Waals surface area contributed by atoms with Crippen LogP contribution in [0.15, 0.2) is 18.2 Å². The quantitative estimate of drug-likeness (QED) is 0.825. The van der Waals surface area contributed by atoms with E-state index in [0.717, 1.165) is 0 Å². The number of nitrogens with two attached hydrogens (primary N) is 1. The van der Waals surface area contributed by atoms with E-state index in [1.807, 2.05) is 0 Å². The van der Waals surface area contributed by atoms with E-state index < -0.39 is 18.0 Å². The van der Waals surface area contributed by atoms with Crippen LogP contribution in [0.3, 0.4) is 0 Å². The van der Waals surface area contributed by atoms with Gasteiger partial charge >= 0.3 is 6.09 Å². The van der Waals surface area contributed by atoms with Gasteiger partial charge in [0.2, 0.25) is 5.91 Å². The Morgan fingerprint density at radius 3 is 2.96 bits per heavy atom. The normalized spacial score (nSPS) is 16.8. The van der Waals surface area contributed by atoms with Crippen molar-refractivity contribution in [3.63, 3.8) is 0 Å². The molecule has 0 radical (unpaired) electrons. The van der Waals surface area contributed by atoms with Crippen LogP contribution in [0.2, 0.25) is 0 Å². The molecule has 1 atom stereocenters. The number of cyclic esters (lactones) is 1. The Bertz CT molecular complexity index is 812. The highest BCUT2D eigenvalue weighted by Crippen LogP contribution is 2.30. The first-order valence-corrected chi connectivity index (χ1v) is 8.34. The Balaban J connectivity index is 1.76. The van der Waals surface area contributed by atoms with Crippen LogP contribution in [-0.2, 0) is 16.1 Å². The Morgan fingerprint density at radius 2 is 2.32 bits per heavy atom. The lowest BCUT2D eigenvalue weighted by molar-refractivity contribution is -0.119. The molecule has 8 nitrogen and oxygen atoms in total. The number of amides is 2. The van der Waals surface area contributed by atoms with Crippen molar-refractivity contribution in [1.82, 2.24) is 15.5 Å². The zero-order valence-corrected chi connectivity index (χ0v) is 14.2. The third kappa shape index (κ3) is 3.74. The van der Waals surface area contributed by atoms with Crippen LogP contribution in [-0.4, -0.2) is 41.4 Å². The van der Waals surface area contributed by atoms with E-state index in [9.17, 15) is 14.0 Å². The number of benzene rings is 1. The van der Waals surface area contributed by atoms with Crippen LogP contribution >= 0.6 is 11.3 Å². The summed E-state index contributed by atoms with van der Waals surface area (Å²) in [5.41, 5.74) is 6.16. The molecule has 1 aliphatic rings. The lowest BCUT2D eigenvalue weighted by Crippen LogP contribution is -2.33. The fraction of sp³-hybridized carbons (Fsp3) is 0.333. The number of halogens is 1. The van der Waals surface area contributed by atoms with Gasteiger partial charge in [-0.05, 0) is 18.2 Å². The molecule has 1 saturated heterocycles. The zero-order valence-electron chi connectivity index (χ0n) is 13.4. The fourth-order valence-electron chi connectivity index (χ4n) is 2.39. The maximum absolute atomic E-state index is 14.5. The second-order valence-corrected chi connectivity index (χ2v) is 6.48. The van der Waals surface area contributed by atoms with Crippen molar-refractivity contribution in [1.29, 1.82) is 0 Å². The molecule has 1 aromatic heterocycles. The molecule has 0 spiro atoms. The first-order chi connectivity index (χ1) is 12.0. The zero-order chi connectivity index (χ0) is 18.0. The maximum atomic E-state index is 14.5. The molecule has 3 N–H and O–H groups in total. The molecule has 0 bridgehead atoms. The van der Waals surface area contributed by atoms with Gasteiger partial charge in [-0.1, -0.05) is 11.3 Å². The molecular weight excluding hydrogens is 349 g/mol. The molecule has 2 heterocycles. The number of rotatable bonds is 5. The number of nitrogens with one attached hydrogen (secondary N) is 1. The molecule has 1 fully saturated rings. The molecule has 0 aliphatic carbocycles. The van der Waals surface area contributed by atoms with E-state index in [1.165, 1.54) is 29.2 Å². The minimum Gasteiger partial charge on any atom is -0.442 e. The van der Waals surface area contributed by atoms with Crippen molar-refractivity contribution in [3.8, 4) is 10.6 Å². The lowest BCUT2D eigenvalue weighted by atomic mass is 10.2. The van der Waals surface area contributed by atoms with E-state index in [0.29, 0.717) is 21.3 Å². The highest BCUT2D eigenvalue weighted by Gasteiger charge is 2.32. The van der Waals surface area contributed by atoms with E-state index in [4.69, 9.17) is 10.5 Å². The number of carbonyl (C=O) groups excluding carboxylic acids is 2. The van der Waals surface area contributed by atoms with Gasteiger partial charge in [0.1, 0.15) is 16.9 Å². The summed E-state index contributed by atoms with van der Waals surface area (Å²) in [4.78, 5) is 24.2. The highest BCUT2D eigenvalue weighted by molar-refractivity contribution is 7.14. The van der Waals surface area contributed by atoms with Gasteiger partial charge in [-0.15, -0.1) is 10.2 Å². The van der Waals surface area contributed by atoms with Crippen molar-refractivity contribution in [3.05, 3.63) is 29.0 Å². The van der Waals surface area contributed by atoms with Gasteiger partial charge < -0.3 is 15.8 Å². The van der Waals surface area contributed by atoms with Crippen LogP contribution in [0.5, 0.6) is 0 Å². The number of ether oxygens (including phenoxy) is 1. The van der Waals surface area contributed by atoms with E-state index in [-0.39, 0.29) is 25.5 Å². The first-order valence-electron chi connectivity index (χ1n) is 7.53. The van der Waals surface area contributed by atoms with Gasteiger partial charge in [-0.2, -0.15) is 0 Å². The summed E-state index contributed by atoms with van der Waals surface area (Å²) in [7, 11) is 0. The molecule has 1 aliphatic heterocycles. The van der Waals surface area contributed by atoms with E-state index in [2.05, 4.69) is 15.5 Å². The van der Waals surface area contributed by atoms with Gasteiger partial charge in [0.05, 0.1) is 18.8 Å². The van der Waals surface area contributed by atoms with Crippen LogP contribution < -0.4 is 16.0 Å². The summed E-state index contributed by atoms with van der Waals surface area (Å²) >= 11 is 1.22. The Kier molecular flexibility index (Phi) is 4.91. The molecule has 25 heavy (non-hydrogen) atoms. The topological polar surface area (TPSA) is 110 Å². The minimum atomic E-state index is -0.580. The minimum absolute atomic E-state index is 0.209. The van der Waals surface area contributed by atoms with Gasteiger partial charge in [-0.3, -0.25) is 9.69 Å². The molecule has 1 aromatic carbocycles. The summed E-state index contributed by atoms with van der Waals surface area (Å²) in [5.74, 6) is -0.728. The molecule has 0 unspecified atom stereocenters. The molecule has 132 valence electrons. The van der Waals surface area contributed by atoms with Gasteiger partial charge in [0, 0.05) is 19.0 Å². The van der Waals surface area contributed by atoms with Gasteiger partial charge in [0.15, 0.2) is 5.01 Å². The summed E-state index contributed by atoms with van der Waals surface area (Å²) < 4.78 is 19.6. The molecule has 10 heteroatoms. The van der Waals surface area contributed by atoms with E-state index in [1.54, 1.807) is 12.1 Å². The SMILES string of the molecule is CC(=O)NC[C@H]1CN(c2ccc(-c3nnc(CN)s3)c(F)c2)C(=O)O1. The number of anilines is 1. The largest absolute Gasteiger partial charge is 0.442 e. The summed E-state index contributed by atoms with van der Waals surface area (Å²) in [5, 5.41) is 11.4. The predicted octanol–water partition coefficient (Wildman–Crippen LogP) is 1.26. The number of hydrogen-bond donors (Lipinski definition) is 2. The molecular formula is C15H16FN5O3S. The monoisotopic (exact) mass is 365 g/mol. The second-order valence-electron chi connectivity index (χ2n) is 5.42. The number of hydrogen-bond acceptors (Lipinski definition) is 7. The first kappa shape index (κ1) is 17.2. The second kappa shape index (κ2) is 7.11. The van der Waals surface area contributed by atoms with Crippen LogP contribution in [0, 0.1) is 5.82 Å². The summed E-state index contributed by atoms with van der Waals surface area (Å²) in [6, 6.07) is 4.41. The number of carbonyl (C=O) groups is 2. The Labute approximate surface area is 146 Å². The smallest absolute Gasteiger partial charge is 0.414 e.